The Morgan fingerprint density at radius 3 is 2.48 bits per heavy atom. The molecule has 5 nitrogen and oxygen atoms in total. The van der Waals surface area contributed by atoms with Crippen molar-refractivity contribution in [2.75, 3.05) is 14.2 Å². The van der Waals surface area contributed by atoms with E-state index < -0.39 is 0 Å². The van der Waals surface area contributed by atoms with Crippen molar-refractivity contribution in [1.29, 1.82) is 0 Å². The summed E-state index contributed by atoms with van der Waals surface area (Å²) < 4.78 is 10.7. The van der Waals surface area contributed by atoms with Crippen molar-refractivity contribution in [1.82, 2.24) is 5.01 Å². The molecule has 6 heteroatoms. The largest absolute Gasteiger partial charge is 0.497 e. The molecule has 0 radical (unpaired) electrons. The third-order valence-electron chi connectivity index (χ3n) is 3.80. The molecular formula is C17H18N2O3S. The van der Waals surface area contributed by atoms with Gasteiger partial charge in [-0.05, 0) is 29.1 Å². The number of ether oxygens (including phenoxy) is 2. The lowest BCUT2D eigenvalue weighted by Crippen LogP contribution is -2.24. The van der Waals surface area contributed by atoms with Gasteiger partial charge in [0.25, 0.3) is 0 Å². The Balaban J connectivity index is 1.97. The molecule has 2 aromatic rings. The minimum absolute atomic E-state index is 0.0802. The Hall–Kier alpha value is -2.34. The smallest absolute Gasteiger partial charge is 0.240 e. The van der Waals surface area contributed by atoms with Crippen LogP contribution in [0, 0.1) is 0 Å². The number of nitrogens with zero attached hydrogens (tertiary/aromatic N) is 2. The molecule has 1 aromatic carbocycles. The molecule has 0 N–H and O–H groups in total. The molecule has 23 heavy (non-hydrogen) atoms. The molecule has 0 saturated heterocycles. The minimum Gasteiger partial charge on any atom is -0.497 e. The van der Waals surface area contributed by atoms with Crippen molar-refractivity contribution in [3.63, 3.8) is 0 Å². The Bertz CT molecular complexity index is 718. The fourth-order valence-corrected chi connectivity index (χ4v) is 3.39. The zero-order valence-electron chi connectivity index (χ0n) is 13.3. The molecule has 3 rings (SSSR count). The van der Waals surface area contributed by atoms with Crippen molar-refractivity contribution in [3.05, 3.63) is 46.2 Å². The molecule has 0 bridgehead atoms. The van der Waals surface area contributed by atoms with Crippen LogP contribution in [-0.4, -0.2) is 30.8 Å². The minimum atomic E-state index is -0.145. The predicted octanol–water partition coefficient (Wildman–Crippen LogP) is 3.46. The summed E-state index contributed by atoms with van der Waals surface area (Å²) in [4.78, 5) is 13.1. The monoisotopic (exact) mass is 330 g/mol. The number of carbonyl (C=O) groups is 1. The van der Waals surface area contributed by atoms with Crippen LogP contribution in [-0.2, 0) is 4.79 Å². The van der Waals surface area contributed by atoms with E-state index in [0.29, 0.717) is 17.9 Å². The van der Waals surface area contributed by atoms with Gasteiger partial charge in [0, 0.05) is 19.4 Å². The summed E-state index contributed by atoms with van der Waals surface area (Å²) in [6, 6.07) is 9.54. The number of thiophene rings is 1. The van der Waals surface area contributed by atoms with E-state index in [9.17, 15) is 4.79 Å². The third kappa shape index (κ3) is 3.07. The van der Waals surface area contributed by atoms with E-state index in [-0.39, 0.29) is 11.9 Å². The molecule has 1 aliphatic heterocycles. The lowest BCUT2D eigenvalue weighted by atomic mass is 10.0. The SMILES string of the molecule is COc1cc(OC)cc([C@H]2CC(c3cccs3)=NN2C(C)=O)c1. The number of methoxy groups -OCH3 is 2. The van der Waals surface area contributed by atoms with Crippen LogP contribution in [0.2, 0.25) is 0 Å². The van der Waals surface area contributed by atoms with E-state index in [2.05, 4.69) is 5.10 Å². The predicted molar refractivity (Wildman–Crippen MR) is 90.3 cm³/mol. The lowest BCUT2D eigenvalue weighted by molar-refractivity contribution is -0.130. The summed E-state index contributed by atoms with van der Waals surface area (Å²) in [5, 5.41) is 8.08. The second-order valence-corrected chi connectivity index (χ2v) is 6.20. The van der Waals surface area contributed by atoms with Gasteiger partial charge in [0.1, 0.15) is 11.5 Å². The number of amides is 1. The molecule has 0 saturated carbocycles. The molecule has 0 unspecified atom stereocenters. The van der Waals surface area contributed by atoms with Crippen LogP contribution >= 0.6 is 11.3 Å². The number of benzene rings is 1. The van der Waals surface area contributed by atoms with Crippen LogP contribution in [0.3, 0.4) is 0 Å². The quantitative estimate of drug-likeness (QED) is 0.862. The van der Waals surface area contributed by atoms with Crippen LogP contribution in [0.15, 0.2) is 40.8 Å². The number of hydrazone groups is 1. The number of hydrogen-bond donors (Lipinski definition) is 0. The normalized spacial score (nSPS) is 17.1. The maximum atomic E-state index is 12.0. The van der Waals surface area contributed by atoms with E-state index in [1.807, 2.05) is 35.7 Å². The van der Waals surface area contributed by atoms with Crippen molar-refractivity contribution in [2.24, 2.45) is 5.10 Å². The molecule has 0 spiro atoms. The molecule has 2 heterocycles. The van der Waals surface area contributed by atoms with Gasteiger partial charge in [-0.15, -0.1) is 11.3 Å². The first kappa shape index (κ1) is 15.6. The van der Waals surface area contributed by atoms with E-state index in [4.69, 9.17) is 9.47 Å². The van der Waals surface area contributed by atoms with E-state index >= 15 is 0 Å². The van der Waals surface area contributed by atoms with Gasteiger partial charge in [-0.1, -0.05) is 6.07 Å². The second-order valence-electron chi connectivity index (χ2n) is 5.25. The number of carbonyl (C=O) groups excluding carboxylic acids is 1. The Morgan fingerprint density at radius 2 is 1.96 bits per heavy atom. The number of rotatable bonds is 4. The Labute approximate surface area is 139 Å². The van der Waals surface area contributed by atoms with Crippen LogP contribution in [0.4, 0.5) is 0 Å². The summed E-state index contributed by atoms with van der Waals surface area (Å²) in [5.41, 5.74) is 1.88. The van der Waals surface area contributed by atoms with Crippen molar-refractivity contribution in [2.45, 2.75) is 19.4 Å². The van der Waals surface area contributed by atoms with Crippen LogP contribution in [0.1, 0.15) is 29.8 Å². The third-order valence-corrected chi connectivity index (χ3v) is 4.72. The molecule has 0 aliphatic carbocycles. The van der Waals surface area contributed by atoms with Crippen LogP contribution < -0.4 is 9.47 Å². The highest BCUT2D eigenvalue weighted by Crippen LogP contribution is 2.37. The van der Waals surface area contributed by atoms with Crippen LogP contribution in [0.25, 0.3) is 0 Å². The molecule has 1 amide bonds. The summed E-state index contributed by atoms with van der Waals surface area (Å²) in [6.45, 7) is 1.53. The van der Waals surface area contributed by atoms with Gasteiger partial charge in [-0.2, -0.15) is 5.10 Å². The number of hydrogen-bond acceptors (Lipinski definition) is 5. The van der Waals surface area contributed by atoms with Crippen molar-refractivity contribution >= 4 is 23.0 Å². The van der Waals surface area contributed by atoms with E-state index in [0.717, 1.165) is 16.2 Å². The van der Waals surface area contributed by atoms with E-state index in [1.165, 1.54) is 6.92 Å². The Kier molecular flexibility index (Phi) is 4.34. The van der Waals surface area contributed by atoms with Gasteiger partial charge in [-0.25, -0.2) is 5.01 Å². The van der Waals surface area contributed by atoms with Gasteiger partial charge < -0.3 is 9.47 Å². The second kappa shape index (κ2) is 6.42. The highest BCUT2D eigenvalue weighted by Gasteiger charge is 2.32. The van der Waals surface area contributed by atoms with Crippen molar-refractivity contribution in [3.8, 4) is 11.5 Å². The van der Waals surface area contributed by atoms with Gasteiger partial charge in [-0.3, -0.25) is 4.79 Å². The highest BCUT2D eigenvalue weighted by molar-refractivity contribution is 7.12. The van der Waals surface area contributed by atoms with Gasteiger partial charge >= 0.3 is 0 Å². The van der Waals surface area contributed by atoms with E-state index in [1.54, 1.807) is 30.6 Å². The summed E-state index contributed by atoms with van der Waals surface area (Å²) in [6.07, 6.45) is 0.677. The first-order valence-electron chi connectivity index (χ1n) is 7.26. The van der Waals surface area contributed by atoms with Crippen molar-refractivity contribution < 1.29 is 14.3 Å². The molecule has 0 fully saturated rings. The van der Waals surface area contributed by atoms with Crippen LogP contribution in [0.5, 0.6) is 11.5 Å². The summed E-state index contributed by atoms with van der Waals surface area (Å²) >= 11 is 1.63. The fraction of sp³-hybridized carbons (Fsp3) is 0.294. The first-order chi connectivity index (χ1) is 11.1. The average molecular weight is 330 g/mol. The molecule has 120 valence electrons. The summed E-state index contributed by atoms with van der Waals surface area (Å²) in [5.74, 6) is 1.32. The topological polar surface area (TPSA) is 51.1 Å². The standard InChI is InChI=1S/C17H18N2O3S/c1-11(20)19-16(10-15(18-19)17-5-4-6-23-17)12-7-13(21-2)9-14(8-12)22-3/h4-9,16H,10H2,1-3H3/t16-/m1/s1. The fourth-order valence-electron chi connectivity index (χ4n) is 2.67. The molecular weight excluding hydrogens is 312 g/mol. The van der Waals surface area contributed by atoms with Gasteiger partial charge in [0.2, 0.25) is 5.91 Å². The highest BCUT2D eigenvalue weighted by atomic mass is 32.1. The maximum Gasteiger partial charge on any atom is 0.240 e. The molecule has 1 aliphatic rings. The summed E-state index contributed by atoms with van der Waals surface area (Å²) in [7, 11) is 3.23. The maximum absolute atomic E-state index is 12.0. The lowest BCUT2D eigenvalue weighted by Gasteiger charge is -2.21. The first-order valence-corrected chi connectivity index (χ1v) is 8.14. The zero-order valence-corrected chi connectivity index (χ0v) is 14.1. The average Bonchev–Trinajstić information content (AvgIpc) is 3.23. The molecule has 1 aromatic heterocycles. The zero-order chi connectivity index (χ0) is 16.4. The van der Waals surface area contributed by atoms with Gasteiger partial charge in [0.15, 0.2) is 0 Å². The Morgan fingerprint density at radius 1 is 1.26 bits per heavy atom. The molecule has 1 atom stereocenters. The van der Waals surface area contributed by atoms with Gasteiger partial charge in [0.05, 0.1) is 30.9 Å².